The molecular formula is C16H24ClNO. The Hall–Kier alpha value is -0.570. The number of nitrogens with one attached hydrogen (secondary N) is 1. The van der Waals surface area contributed by atoms with E-state index in [9.17, 15) is 0 Å². The first-order valence-electron chi connectivity index (χ1n) is 7.25. The molecule has 0 amide bonds. The molecule has 106 valence electrons. The number of benzene rings is 1. The summed E-state index contributed by atoms with van der Waals surface area (Å²) in [7, 11) is 0. The Morgan fingerprint density at radius 3 is 2.79 bits per heavy atom. The van der Waals surface area contributed by atoms with Gasteiger partial charge in [0.05, 0.1) is 12.1 Å². The van der Waals surface area contributed by atoms with E-state index in [1.165, 1.54) is 17.5 Å². The lowest BCUT2D eigenvalue weighted by Gasteiger charge is -2.27. The van der Waals surface area contributed by atoms with Crippen LogP contribution < -0.4 is 5.32 Å². The van der Waals surface area contributed by atoms with Crippen LogP contribution in [0.4, 0.5) is 0 Å². The predicted molar refractivity (Wildman–Crippen MR) is 80.9 cm³/mol. The lowest BCUT2D eigenvalue weighted by Crippen LogP contribution is -2.32. The quantitative estimate of drug-likeness (QED) is 0.874. The summed E-state index contributed by atoms with van der Waals surface area (Å²) in [4.78, 5) is 0. The predicted octanol–water partition coefficient (Wildman–Crippen LogP) is 4.18. The Labute approximate surface area is 121 Å². The van der Waals surface area contributed by atoms with Crippen molar-refractivity contribution < 1.29 is 4.74 Å². The second-order valence-corrected chi connectivity index (χ2v) is 5.85. The molecule has 1 aliphatic heterocycles. The topological polar surface area (TPSA) is 21.3 Å². The van der Waals surface area contributed by atoms with Crippen LogP contribution in [0.15, 0.2) is 12.1 Å². The molecule has 0 spiro atoms. The summed E-state index contributed by atoms with van der Waals surface area (Å²) in [6, 6.07) is 4.58. The molecule has 1 aliphatic rings. The molecule has 1 fully saturated rings. The number of halogens is 1. The summed E-state index contributed by atoms with van der Waals surface area (Å²) in [5, 5.41) is 4.50. The molecule has 2 nitrogen and oxygen atoms in total. The zero-order valence-electron chi connectivity index (χ0n) is 12.1. The van der Waals surface area contributed by atoms with E-state index in [4.69, 9.17) is 16.3 Å². The number of aryl methyl sites for hydroxylation is 2. The molecule has 2 rings (SSSR count). The minimum atomic E-state index is 0.290. The highest BCUT2D eigenvalue weighted by Gasteiger charge is 2.28. The van der Waals surface area contributed by atoms with Gasteiger partial charge in [0.25, 0.3) is 0 Å². The second-order valence-electron chi connectivity index (χ2n) is 5.44. The number of ether oxygens (including phenoxy) is 1. The molecule has 19 heavy (non-hydrogen) atoms. The Kier molecular flexibility index (Phi) is 5.26. The molecule has 0 aliphatic carbocycles. The summed E-state index contributed by atoms with van der Waals surface area (Å²) in [5.41, 5.74) is 3.73. The van der Waals surface area contributed by atoms with Gasteiger partial charge in [-0.1, -0.05) is 24.6 Å². The monoisotopic (exact) mass is 281 g/mol. The number of hydrogen-bond acceptors (Lipinski definition) is 2. The first-order valence-corrected chi connectivity index (χ1v) is 7.63. The van der Waals surface area contributed by atoms with Crippen LogP contribution in [0.3, 0.4) is 0 Å². The lowest BCUT2D eigenvalue weighted by atomic mass is 9.93. The van der Waals surface area contributed by atoms with E-state index in [1.54, 1.807) is 0 Å². The van der Waals surface area contributed by atoms with E-state index in [2.05, 4.69) is 38.2 Å². The lowest BCUT2D eigenvalue weighted by molar-refractivity contribution is 0.0781. The zero-order chi connectivity index (χ0) is 13.8. The van der Waals surface area contributed by atoms with Crippen molar-refractivity contribution in [2.75, 3.05) is 13.2 Å². The fraction of sp³-hybridized carbons (Fsp3) is 0.625. The summed E-state index contributed by atoms with van der Waals surface area (Å²) < 4.78 is 5.90. The maximum atomic E-state index is 6.20. The zero-order valence-corrected chi connectivity index (χ0v) is 12.9. The Balaban J connectivity index is 2.28. The fourth-order valence-corrected chi connectivity index (χ4v) is 2.96. The van der Waals surface area contributed by atoms with Crippen molar-refractivity contribution in [3.63, 3.8) is 0 Å². The van der Waals surface area contributed by atoms with Crippen molar-refractivity contribution in [1.82, 2.24) is 5.32 Å². The van der Waals surface area contributed by atoms with E-state index >= 15 is 0 Å². The smallest absolute Gasteiger partial charge is 0.0770 e. The summed E-state index contributed by atoms with van der Waals surface area (Å²) >= 11 is 6.20. The molecule has 1 saturated heterocycles. The van der Waals surface area contributed by atoms with Crippen molar-refractivity contribution in [1.29, 1.82) is 0 Å². The molecule has 1 N–H and O–H groups in total. The van der Waals surface area contributed by atoms with Gasteiger partial charge in [0, 0.05) is 11.6 Å². The third-order valence-electron chi connectivity index (χ3n) is 3.83. The van der Waals surface area contributed by atoms with Crippen LogP contribution in [-0.2, 0) is 4.74 Å². The van der Waals surface area contributed by atoms with Crippen LogP contribution in [0.5, 0.6) is 0 Å². The first-order chi connectivity index (χ1) is 9.13. The molecule has 0 bridgehead atoms. The highest BCUT2D eigenvalue weighted by Crippen LogP contribution is 2.31. The third-order valence-corrected chi connectivity index (χ3v) is 4.24. The van der Waals surface area contributed by atoms with Gasteiger partial charge in [0.15, 0.2) is 0 Å². The molecule has 0 saturated carbocycles. The molecule has 2 atom stereocenters. The van der Waals surface area contributed by atoms with Crippen molar-refractivity contribution in [2.45, 2.75) is 52.2 Å². The van der Waals surface area contributed by atoms with Gasteiger partial charge in [-0.25, -0.2) is 0 Å². The normalized spacial score (nSPS) is 20.7. The van der Waals surface area contributed by atoms with Crippen molar-refractivity contribution in [3.05, 3.63) is 33.8 Å². The third kappa shape index (κ3) is 3.50. The molecule has 1 aromatic rings. The molecule has 1 heterocycles. The van der Waals surface area contributed by atoms with Gasteiger partial charge in [0.1, 0.15) is 0 Å². The Morgan fingerprint density at radius 1 is 1.37 bits per heavy atom. The van der Waals surface area contributed by atoms with E-state index < -0.39 is 0 Å². The average molecular weight is 282 g/mol. The van der Waals surface area contributed by atoms with Gasteiger partial charge in [-0.3, -0.25) is 0 Å². The van der Waals surface area contributed by atoms with Crippen LogP contribution in [-0.4, -0.2) is 19.3 Å². The average Bonchev–Trinajstić information content (AvgIpc) is 2.89. The van der Waals surface area contributed by atoms with Crippen LogP contribution in [0.25, 0.3) is 0 Å². The largest absolute Gasteiger partial charge is 0.376 e. The number of hydrogen-bond donors (Lipinski definition) is 1. The fourth-order valence-electron chi connectivity index (χ4n) is 2.75. The number of rotatable bonds is 5. The summed E-state index contributed by atoms with van der Waals surface area (Å²) in [6.07, 6.45) is 3.74. The molecule has 3 heteroatoms. The highest BCUT2D eigenvalue weighted by molar-refractivity contribution is 6.31. The standard InChI is InChI=1S/C16H24ClNO/c1-4-7-18-16(15-6-5-8-19-15)13-9-12(3)14(17)10-11(13)2/h9-10,15-16,18H,4-8H2,1-3H3. The first kappa shape index (κ1) is 14.8. The van der Waals surface area contributed by atoms with Gasteiger partial charge in [-0.2, -0.15) is 0 Å². The van der Waals surface area contributed by atoms with Crippen molar-refractivity contribution in [2.24, 2.45) is 0 Å². The van der Waals surface area contributed by atoms with E-state index in [0.29, 0.717) is 12.1 Å². The van der Waals surface area contributed by atoms with E-state index in [1.807, 2.05) is 0 Å². The summed E-state index contributed by atoms with van der Waals surface area (Å²) in [5.74, 6) is 0. The molecule has 2 unspecified atom stereocenters. The van der Waals surface area contributed by atoms with Crippen LogP contribution >= 0.6 is 11.6 Å². The van der Waals surface area contributed by atoms with Gasteiger partial charge in [0.2, 0.25) is 0 Å². The Bertz CT molecular complexity index is 427. The molecule has 0 radical (unpaired) electrons. The van der Waals surface area contributed by atoms with E-state index in [0.717, 1.165) is 36.6 Å². The SMILES string of the molecule is CCCNC(c1cc(C)c(Cl)cc1C)C1CCCO1. The van der Waals surface area contributed by atoms with Crippen LogP contribution in [0, 0.1) is 13.8 Å². The van der Waals surface area contributed by atoms with Crippen LogP contribution in [0.1, 0.15) is 48.9 Å². The Morgan fingerprint density at radius 2 is 2.16 bits per heavy atom. The van der Waals surface area contributed by atoms with Crippen molar-refractivity contribution >= 4 is 11.6 Å². The van der Waals surface area contributed by atoms with Gasteiger partial charge >= 0.3 is 0 Å². The van der Waals surface area contributed by atoms with Gasteiger partial charge in [-0.05, 0) is 62.4 Å². The maximum Gasteiger partial charge on any atom is 0.0770 e. The van der Waals surface area contributed by atoms with Crippen LogP contribution in [0.2, 0.25) is 5.02 Å². The minimum Gasteiger partial charge on any atom is -0.376 e. The minimum absolute atomic E-state index is 0.290. The van der Waals surface area contributed by atoms with E-state index in [-0.39, 0.29) is 0 Å². The molecular weight excluding hydrogens is 258 g/mol. The van der Waals surface area contributed by atoms with Crippen molar-refractivity contribution in [3.8, 4) is 0 Å². The molecule has 0 aromatic heterocycles. The van der Waals surface area contributed by atoms with Gasteiger partial charge in [-0.15, -0.1) is 0 Å². The molecule has 1 aromatic carbocycles. The summed E-state index contributed by atoms with van der Waals surface area (Å²) in [6.45, 7) is 8.31. The highest BCUT2D eigenvalue weighted by atomic mass is 35.5. The second kappa shape index (κ2) is 6.74. The van der Waals surface area contributed by atoms with Gasteiger partial charge < -0.3 is 10.1 Å². The maximum absolute atomic E-state index is 6.20.